The van der Waals surface area contributed by atoms with Gasteiger partial charge in [-0.15, -0.1) is 0 Å². The lowest BCUT2D eigenvalue weighted by molar-refractivity contribution is -0.145. The Balaban J connectivity index is 2.40. The quantitative estimate of drug-likeness (QED) is 0.459. The number of fused-ring (bicyclic) bond motifs is 1. The molecule has 1 heterocycles. The lowest BCUT2D eigenvalue weighted by Crippen LogP contribution is -2.46. The van der Waals surface area contributed by atoms with Crippen LogP contribution in [-0.2, 0) is 9.59 Å². The van der Waals surface area contributed by atoms with Gasteiger partial charge in [0.1, 0.15) is 0 Å². The number of amides is 2. The first kappa shape index (κ1) is 11.7. The highest BCUT2D eigenvalue weighted by Gasteiger charge is 2.58. The second-order valence-corrected chi connectivity index (χ2v) is 5.99. The molecule has 0 spiro atoms. The summed E-state index contributed by atoms with van der Waals surface area (Å²) in [4.78, 5) is 25.9. The Kier molecular flexibility index (Phi) is 2.44. The van der Waals surface area contributed by atoms with Crippen molar-refractivity contribution in [2.45, 2.75) is 57.3 Å². The highest BCUT2D eigenvalue weighted by molar-refractivity contribution is 6.34. The number of imide groups is 1. The predicted octanol–water partition coefficient (Wildman–Crippen LogP) is 1.67. The normalized spacial score (nSPS) is 35.4. The van der Waals surface area contributed by atoms with Crippen molar-refractivity contribution in [1.29, 1.82) is 0 Å². The monoisotopic (exact) mass is 219 g/mol. The Labute approximate surface area is 98.0 Å². The molecule has 2 rings (SSSR count). The van der Waals surface area contributed by atoms with Gasteiger partial charge in [0, 0.05) is 16.8 Å². The van der Waals surface area contributed by atoms with Gasteiger partial charge in [-0.1, -0.05) is 12.8 Å². The van der Waals surface area contributed by atoms with Crippen LogP contribution in [0.4, 0.5) is 0 Å². The Morgan fingerprint density at radius 1 is 1.31 bits per heavy atom. The topological polar surface area (TPSA) is 37.4 Å². The van der Waals surface area contributed by atoms with Crippen LogP contribution in [0.2, 0.25) is 5.31 Å². The summed E-state index contributed by atoms with van der Waals surface area (Å²) in [6, 6.07) is 0. The molecule has 2 radical (unpaired) electrons. The number of hydrogen-bond donors (Lipinski definition) is 0. The van der Waals surface area contributed by atoms with Crippen LogP contribution < -0.4 is 0 Å². The van der Waals surface area contributed by atoms with E-state index in [2.05, 4.69) is 0 Å². The van der Waals surface area contributed by atoms with Crippen molar-refractivity contribution < 1.29 is 9.59 Å². The summed E-state index contributed by atoms with van der Waals surface area (Å²) in [5.74, 6) is -0.526. The van der Waals surface area contributed by atoms with Crippen LogP contribution in [0.15, 0.2) is 0 Å². The molecule has 0 aromatic rings. The maximum Gasteiger partial charge on any atom is 0.233 e. The molecule has 2 aliphatic rings. The van der Waals surface area contributed by atoms with E-state index >= 15 is 0 Å². The Morgan fingerprint density at radius 3 is 2.44 bits per heavy atom. The van der Waals surface area contributed by atoms with Crippen LogP contribution in [0.3, 0.4) is 0 Å². The molecule has 0 bridgehead atoms. The average Bonchev–Trinajstić information content (AvgIpc) is 2.35. The lowest BCUT2D eigenvalue weighted by Gasteiger charge is -2.33. The van der Waals surface area contributed by atoms with Crippen LogP contribution in [-0.4, -0.2) is 30.1 Å². The summed E-state index contributed by atoms with van der Waals surface area (Å²) in [7, 11) is 6.17. The molecule has 2 fully saturated rings. The van der Waals surface area contributed by atoms with Crippen LogP contribution in [0.25, 0.3) is 0 Å². The molecule has 1 aliphatic heterocycles. The van der Waals surface area contributed by atoms with Gasteiger partial charge in [0.05, 0.1) is 7.85 Å². The Hall–Kier alpha value is -0.795. The van der Waals surface area contributed by atoms with E-state index < -0.39 is 10.9 Å². The summed E-state index contributed by atoms with van der Waals surface area (Å²) in [5, 5.41) is -0.914. The smallest absolute Gasteiger partial charge is 0.233 e. The van der Waals surface area contributed by atoms with Gasteiger partial charge >= 0.3 is 0 Å². The zero-order valence-corrected chi connectivity index (χ0v) is 10.2. The number of likely N-dealkylation sites (tertiary alicyclic amines) is 1. The van der Waals surface area contributed by atoms with E-state index in [-0.39, 0.29) is 17.7 Å². The third-order valence-corrected chi connectivity index (χ3v) is 3.75. The molecule has 0 N–H and O–H groups in total. The van der Waals surface area contributed by atoms with E-state index in [0.717, 1.165) is 19.3 Å². The van der Waals surface area contributed by atoms with Gasteiger partial charge in [-0.25, -0.2) is 0 Å². The molecular formula is C12H18BNO2. The van der Waals surface area contributed by atoms with Crippen LogP contribution in [0, 0.1) is 5.92 Å². The van der Waals surface area contributed by atoms with Crippen molar-refractivity contribution >= 4 is 19.7 Å². The SMILES string of the molecule is [B][C@@]12CCCCC1C(=O)N(C(C)(C)C)C2=O. The third kappa shape index (κ3) is 1.42. The van der Waals surface area contributed by atoms with Crippen molar-refractivity contribution in [2.24, 2.45) is 5.92 Å². The molecule has 2 amide bonds. The number of carbonyl (C=O) groups excluding carboxylic acids is 2. The highest BCUT2D eigenvalue weighted by atomic mass is 16.2. The largest absolute Gasteiger partial charge is 0.277 e. The number of hydrogen-bond acceptors (Lipinski definition) is 2. The molecule has 1 saturated carbocycles. The van der Waals surface area contributed by atoms with E-state index in [0.29, 0.717) is 6.42 Å². The minimum Gasteiger partial charge on any atom is -0.277 e. The summed E-state index contributed by atoms with van der Waals surface area (Å²) >= 11 is 0. The van der Waals surface area contributed by atoms with Crippen LogP contribution >= 0.6 is 0 Å². The van der Waals surface area contributed by atoms with Gasteiger partial charge in [0.2, 0.25) is 11.8 Å². The Morgan fingerprint density at radius 2 is 1.94 bits per heavy atom. The van der Waals surface area contributed by atoms with Crippen molar-refractivity contribution in [1.82, 2.24) is 4.90 Å². The van der Waals surface area contributed by atoms with Crippen molar-refractivity contribution in [3.05, 3.63) is 0 Å². The minimum atomic E-state index is -0.914. The summed E-state index contributed by atoms with van der Waals surface area (Å²) in [6.07, 6.45) is 3.35. The zero-order valence-electron chi connectivity index (χ0n) is 10.2. The number of nitrogens with zero attached hydrogens (tertiary/aromatic N) is 1. The number of rotatable bonds is 0. The molecule has 0 aromatic carbocycles. The van der Waals surface area contributed by atoms with Gasteiger partial charge in [0.25, 0.3) is 0 Å². The van der Waals surface area contributed by atoms with E-state index in [1.54, 1.807) is 0 Å². The van der Waals surface area contributed by atoms with Crippen molar-refractivity contribution in [3.63, 3.8) is 0 Å². The van der Waals surface area contributed by atoms with Gasteiger partial charge in [-0.2, -0.15) is 0 Å². The van der Waals surface area contributed by atoms with Crippen LogP contribution in [0.1, 0.15) is 46.5 Å². The molecule has 2 atom stereocenters. The van der Waals surface area contributed by atoms with E-state index in [4.69, 9.17) is 7.85 Å². The molecule has 1 saturated heterocycles. The fourth-order valence-corrected chi connectivity index (χ4v) is 2.90. The average molecular weight is 219 g/mol. The molecule has 1 aliphatic carbocycles. The van der Waals surface area contributed by atoms with E-state index in [1.165, 1.54) is 4.90 Å². The van der Waals surface area contributed by atoms with E-state index in [9.17, 15) is 9.59 Å². The maximum atomic E-state index is 12.3. The second kappa shape index (κ2) is 3.35. The molecule has 1 unspecified atom stereocenters. The summed E-state index contributed by atoms with van der Waals surface area (Å²) in [5.41, 5.74) is -0.460. The van der Waals surface area contributed by atoms with Crippen molar-refractivity contribution in [2.75, 3.05) is 0 Å². The van der Waals surface area contributed by atoms with E-state index in [1.807, 2.05) is 20.8 Å². The first-order chi connectivity index (χ1) is 7.28. The van der Waals surface area contributed by atoms with Gasteiger partial charge in [-0.3, -0.25) is 14.5 Å². The van der Waals surface area contributed by atoms with Crippen LogP contribution in [0.5, 0.6) is 0 Å². The second-order valence-electron chi connectivity index (χ2n) is 5.99. The zero-order chi connectivity index (χ0) is 12.1. The lowest BCUT2D eigenvalue weighted by atomic mass is 9.55. The molecule has 86 valence electrons. The van der Waals surface area contributed by atoms with Crippen molar-refractivity contribution in [3.8, 4) is 0 Å². The fourth-order valence-electron chi connectivity index (χ4n) is 2.90. The van der Waals surface area contributed by atoms with Gasteiger partial charge in [-0.05, 0) is 33.6 Å². The van der Waals surface area contributed by atoms with Gasteiger partial charge < -0.3 is 0 Å². The minimum absolute atomic E-state index is 0.0697. The molecule has 4 heteroatoms. The third-order valence-electron chi connectivity index (χ3n) is 3.75. The first-order valence-corrected chi connectivity index (χ1v) is 5.96. The first-order valence-electron chi connectivity index (χ1n) is 5.96. The summed E-state index contributed by atoms with van der Waals surface area (Å²) < 4.78 is 0. The molecule has 3 nitrogen and oxygen atoms in total. The standard InChI is InChI=1S/C12H18BNO2/c1-11(2,3)14-9(15)8-6-4-5-7-12(8,13)10(14)16/h8H,4-7H2,1-3H3/t8?,12-/m0/s1. The molecule has 0 aromatic heterocycles. The Bertz CT molecular complexity index is 347. The molecule has 16 heavy (non-hydrogen) atoms. The maximum absolute atomic E-state index is 12.3. The fraction of sp³-hybridized carbons (Fsp3) is 0.833. The van der Waals surface area contributed by atoms with Gasteiger partial charge in [0.15, 0.2) is 0 Å². The molecular weight excluding hydrogens is 201 g/mol. The summed E-state index contributed by atoms with van der Waals surface area (Å²) in [6.45, 7) is 5.64. The highest BCUT2D eigenvalue weighted by Crippen LogP contribution is 2.53. The predicted molar refractivity (Wildman–Crippen MR) is 62.0 cm³/mol. The number of carbonyl (C=O) groups is 2.